The first-order valence-corrected chi connectivity index (χ1v) is 7.30. The second-order valence-electron chi connectivity index (χ2n) is 5.59. The largest absolute Gasteiger partial charge is 0.493 e. The highest BCUT2D eigenvalue weighted by molar-refractivity contribution is 5.47. The first-order valence-electron chi connectivity index (χ1n) is 7.30. The van der Waals surface area contributed by atoms with Crippen LogP contribution in [0.1, 0.15) is 32.3 Å². The smallest absolute Gasteiger partial charge is 0.164 e. The molecule has 0 amide bonds. The Morgan fingerprint density at radius 3 is 2.80 bits per heavy atom. The maximum absolute atomic E-state index is 5.99. The van der Waals surface area contributed by atoms with Gasteiger partial charge in [0.2, 0.25) is 0 Å². The summed E-state index contributed by atoms with van der Waals surface area (Å²) in [5.74, 6) is 1.56. The van der Waals surface area contributed by atoms with E-state index in [9.17, 15) is 0 Å². The van der Waals surface area contributed by atoms with Crippen molar-refractivity contribution in [3.8, 4) is 11.5 Å². The van der Waals surface area contributed by atoms with Crippen LogP contribution in [0.4, 0.5) is 0 Å². The van der Waals surface area contributed by atoms with Crippen LogP contribution in [-0.4, -0.2) is 32.0 Å². The molecule has 20 heavy (non-hydrogen) atoms. The van der Waals surface area contributed by atoms with E-state index in [1.807, 2.05) is 25.1 Å². The van der Waals surface area contributed by atoms with Gasteiger partial charge in [-0.3, -0.25) is 0 Å². The Balaban J connectivity index is 2.07. The number of nitrogens with two attached hydrogens (primary N) is 1. The number of hydrogen-bond donors (Lipinski definition) is 1. The van der Waals surface area contributed by atoms with Crippen LogP contribution in [0.15, 0.2) is 18.2 Å². The van der Waals surface area contributed by atoms with Crippen LogP contribution in [0.5, 0.6) is 11.5 Å². The van der Waals surface area contributed by atoms with Gasteiger partial charge in [0.15, 0.2) is 11.5 Å². The van der Waals surface area contributed by atoms with E-state index in [2.05, 4.69) is 6.92 Å². The van der Waals surface area contributed by atoms with Gasteiger partial charge < -0.3 is 19.9 Å². The molecule has 4 nitrogen and oxygen atoms in total. The third kappa shape index (κ3) is 3.87. The third-order valence-corrected chi connectivity index (χ3v) is 3.56. The molecule has 1 fully saturated rings. The molecule has 0 radical (unpaired) electrons. The molecular weight excluding hydrogens is 254 g/mol. The van der Waals surface area contributed by atoms with Gasteiger partial charge in [-0.25, -0.2) is 0 Å². The summed E-state index contributed by atoms with van der Waals surface area (Å²) >= 11 is 0. The molecule has 1 aliphatic rings. The van der Waals surface area contributed by atoms with E-state index in [-0.39, 0.29) is 12.1 Å². The first kappa shape index (κ1) is 15.1. The minimum Gasteiger partial charge on any atom is -0.493 e. The zero-order valence-electron chi connectivity index (χ0n) is 12.6. The van der Waals surface area contributed by atoms with E-state index < -0.39 is 0 Å². The van der Waals surface area contributed by atoms with Crippen molar-refractivity contribution >= 4 is 0 Å². The maximum atomic E-state index is 5.99. The lowest BCUT2D eigenvalue weighted by Crippen LogP contribution is -2.21. The molecule has 0 aliphatic carbocycles. The maximum Gasteiger partial charge on any atom is 0.164 e. The lowest BCUT2D eigenvalue weighted by atomic mass is 10.1. The molecule has 2 rings (SSSR count). The molecule has 4 heteroatoms. The molecule has 3 atom stereocenters. The SMILES string of the molecule is COc1cccc(CC(C)N)c1OCC1CCC(C)O1. The summed E-state index contributed by atoms with van der Waals surface area (Å²) in [4.78, 5) is 0. The van der Waals surface area contributed by atoms with E-state index in [0.29, 0.717) is 12.7 Å². The quantitative estimate of drug-likeness (QED) is 0.869. The van der Waals surface area contributed by atoms with Crippen molar-refractivity contribution in [3.63, 3.8) is 0 Å². The van der Waals surface area contributed by atoms with Crippen molar-refractivity contribution in [1.29, 1.82) is 0 Å². The number of methoxy groups -OCH3 is 1. The second-order valence-corrected chi connectivity index (χ2v) is 5.59. The fourth-order valence-corrected chi connectivity index (χ4v) is 2.58. The zero-order valence-corrected chi connectivity index (χ0v) is 12.6. The topological polar surface area (TPSA) is 53.7 Å². The summed E-state index contributed by atoms with van der Waals surface area (Å²) in [5, 5.41) is 0. The summed E-state index contributed by atoms with van der Waals surface area (Å²) in [6.45, 7) is 4.66. The summed E-state index contributed by atoms with van der Waals surface area (Å²) in [7, 11) is 1.66. The second kappa shape index (κ2) is 6.95. The van der Waals surface area contributed by atoms with Crippen LogP contribution in [0.3, 0.4) is 0 Å². The van der Waals surface area contributed by atoms with Crippen molar-refractivity contribution < 1.29 is 14.2 Å². The van der Waals surface area contributed by atoms with E-state index in [0.717, 1.165) is 36.3 Å². The van der Waals surface area contributed by atoms with Gasteiger partial charge in [0.05, 0.1) is 19.3 Å². The predicted octanol–water partition coefficient (Wildman–Crippen LogP) is 2.53. The number of para-hydroxylation sites is 1. The van der Waals surface area contributed by atoms with Gasteiger partial charge in [-0.05, 0) is 44.7 Å². The molecule has 1 heterocycles. The van der Waals surface area contributed by atoms with E-state index in [4.69, 9.17) is 19.9 Å². The van der Waals surface area contributed by atoms with E-state index >= 15 is 0 Å². The Morgan fingerprint density at radius 1 is 1.40 bits per heavy atom. The van der Waals surface area contributed by atoms with Crippen molar-refractivity contribution in [2.24, 2.45) is 5.73 Å². The van der Waals surface area contributed by atoms with Crippen molar-refractivity contribution in [2.45, 2.75) is 51.4 Å². The summed E-state index contributed by atoms with van der Waals surface area (Å²) in [5.41, 5.74) is 6.99. The molecule has 0 saturated carbocycles. The predicted molar refractivity (Wildman–Crippen MR) is 79.4 cm³/mol. The minimum absolute atomic E-state index is 0.0900. The van der Waals surface area contributed by atoms with Gasteiger partial charge in [-0.1, -0.05) is 12.1 Å². The summed E-state index contributed by atoms with van der Waals surface area (Å²) < 4.78 is 17.2. The monoisotopic (exact) mass is 279 g/mol. The zero-order chi connectivity index (χ0) is 14.5. The van der Waals surface area contributed by atoms with Crippen molar-refractivity contribution in [1.82, 2.24) is 0 Å². The molecule has 1 saturated heterocycles. The van der Waals surface area contributed by atoms with Gasteiger partial charge in [0, 0.05) is 6.04 Å². The molecule has 3 unspecified atom stereocenters. The molecule has 1 aromatic carbocycles. The third-order valence-electron chi connectivity index (χ3n) is 3.56. The molecule has 0 spiro atoms. The highest BCUT2D eigenvalue weighted by Crippen LogP contribution is 2.32. The Labute approximate surface area is 121 Å². The van der Waals surface area contributed by atoms with Gasteiger partial charge >= 0.3 is 0 Å². The Morgan fingerprint density at radius 2 is 2.20 bits per heavy atom. The van der Waals surface area contributed by atoms with Crippen molar-refractivity contribution in [2.75, 3.05) is 13.7 Å². The lowest BCUT2D eigenvalue weighted by Gasteiger charge is -2.18. The molecule has 1 aliphatic heterocycles. The molecule has 2 N–H and O–H groups in total. The average Bonchev–Trinajstić information content (AvgIpc) is 2.82. The summed E-state index contributed by atoms with van der Waals surface area (Å²) in [6.07, 6.45) is 3.45. The van der Waals surface area contributed by atoms with Crippen LogP contribution >= 0.6 is 0 Å². The fourth-order valence-electron chi connectivity index (χ4n) is 2.58. The molecule has 1 aromatic rings. The average molecular weight is 279 g/mol. The van der Waals surface area contributed by atoms with Gasteiger partial charge in [-0.2, -0.15) is 0 Å². The van der Waals surface area contributed by atoms with Crippen LogP contribution in [-0.2, 0) is 11.2 Å². The number of benzene rings is 1. The normalized spacial score (nSPS) is 23.6. The molecule has 0 aromatic heterocycles. The fraction of sp³-hybridized carbons (Fsp3) is 0.625. The standard InChI is InChI=1S/C16H25NO3/c1-11(17)9-13-5-4-6-15(18-3)16(13)19-10-14-8-7-12(2)20-14/h4-6,11-12,14H,7-10,17H2,1-3H3. The highest BCUT2D eigenvalue weighted by Gasteiger charge is 2.23. The van der Waals surface area contributed by atoms with Gasteiger partial charge in [-0.15, -0.1) is 0 Å². The number of rotatable bonds is 6. The van der Waals surface area contributed by atoms with E-state index in [1.165, 1.54) is 0 Å². The highest BCUT2D eigenvalue weighted by atomic mass is 16.6. The Bertz CT molecular complexity index is 434. The van der Waals surface area contributed by atoms with Gasteiger partial charge in [0.25, 0.3) is 0 Å². The van der Waals surface area contributed by atoms with Crippen LogP contribution in [0, 0.1) is 0 Å². The minimum atomic E-state index is 0.0900. The molecule has 0 bridgehead atoms. The Kier molecular flexibility index (Phi) is 5.26. The lowest BCUT2D eigenvalue weighted by molar-refractivity contribution is 0.0257. The number of ether oxygens (including phenoxy) is 3. The van der Waals surface area contributed by atoms with Crippen LogP contribution in [0.25, 0.3) is 0 Å². The van der Waals surface area contributed by atoms with Crippen molar-refractivity contribution in [3.05, 3.63) is 23.8 Å². The first-order chi connectivity index (χ1) is 9.60. The molecule has 112 valence electrons. The number of hydrogen-bond acceptors (Lipinski definition) is 4. The van der Waals surface area contributed by atoms with E-state index in [1.54, 1.807) is 7.11 Å². The molecular formula is C16H25NO3. The van der Waals surface area contributed by atoms with Gasteiger partial charge in [0.1, 0.15) is 6.61 Å². The van der Waals surface area contributed by atoms with Crippen LogP contribution in [0.2, 0.25) is 0 Å². The Hall–Kier alpha value is -1.26. The van der Waals surface area contributed by atoms with Crippen LogP contribution < -0.4 is 15.2 Å². The summed E-state index contributed by atoms with van der Waals surface area (Å²) in [6, 6.07) is 6.02.